The molecule has 1 saturated carbocycles. The third-order valence-corrected chi connectivity index (χ3v) is 1.70. The second-order valence-electron chi connectivity index (χ2n) is 3.61. The number of carbonyl (C=O) groups excluding carboxylic acids is 1. The molecule has 1 aliphatic carbocycles. The second-order valence-corrected chi connectivity index (χ2v) is 3.61. The standard InChI is InChI=1S/C9H16N2O/c1-6(2)5-8(9(10)12)11-7-3-4-7/h5-7,11H,3-4H2,1-2H3,(H2,10,12)/b8-5-. The van der Waals surface area contributed by atoms with Gasteiger partial charge in [0.1, 0.15) is 0 Å². The van der Waals surface area contributed by atoms with Crippen molar-refractivity contribution in [1.29, 1.82) is 0 Å². The number of nitrogens with two attached hydrogens (primary N) is 1. The van der Waals surface area contributed by atoms with Gasteiger partial charge in [0.05, 0.1) is 5.70 Å². The van der Waals surface area contributed by atoms with Gasteiger partial charge in [-0.15, -0.1) is 0 Å². The number of rotatable bonds is 4. The van der Waals surface area contributed by atoms with Crippen LogP contribution in [-0.4, -0.2) is 11.9 Å². The summed E-state index contributed by atoms with van der Waals surface area (Å²) in [6.07, 6.45) is 4.19. The summed E-state index contributed by atoms with van der Waals surface area (Å²) in [4.78, 5) is 10.9. The molecule has 1 fully saturated rings. The van der Waals surface area contributed by atoms with Crippen molar-refractivity contribution in [2.45, 2.75) is 32.7 Å². The number of nitrogens with one attached hydrogen (secondary N) is 1. The Morgan fingerprint density at radius 2 is 2.17 bits per heavy atom. The minimum absolute atomic E-state index is 0.351. The van der Waals surface area contributed by atoms with Crippen LogP contribution < -0.4 is 11.1 Å². The first kappa shape index (κ1) is 9.10. The molecule has 0 radical (unpaired) electrons. The Labute approximate surface area is 73.0 Å². The van der Waals surface area contributed by atoms with Crippen molar-refractivity contribution in [1.82, 2.24) is 5.32 Å². The van der Waals surface area contributed by atoms with Crippen LogP contribution in [0, 0.1) is 5.92 Å². The third kappa shape index (κ3) is 2.95. The maximum absolute atomic E-state index is 10.9. The van der Waals surface area contributed by atoms with Gasteiger partial charge in [0.25, 0.3) is 5.91 Å². The molecule has 68 valence electrons. The Hall–Kier alpha value is -0.990. The van der Waals surface area contributed by atoms with Gasteiger partial charge in [-0.1, -0.05) is 19.9 Å². The SMILES string of the molecule is CC(C)/C=C(\NC1CC1)C(N)=O. The Balaban J connectivity index is 2.52. The molecular formula is C9H16N2O. The smallest absolute Gasteiger partial charge is 0.264 e. The second kappa shape index (κ2) is 3.61. The largest absolute Gasteiger partial charge is 0.378 e. The molecule has 0 aromatic carbocycles. The average Bonchev–Trinajstić information content (AvgIpc) is 2.68. The van der Waals surface area contributed by atoms with E-state index in [4.69, 9.17) is 5.73 Å². The van der Waals surface area contributed by atoms with Crippen molar-refractivity contribution in [3.05, 3.63) is 11.8 Å². The summed E-state index contributed by atoms with van der Waals surface area (Å²) in [6, 6.07) is 0.488. The van der Waals surface area contributed by atoms with Gasteiger partial charge in [0, 0.05) is 6.04 Å². The molecule has 0 aromatic rings. The molecule has 0 heterocycles. The molecule has 0 unspecified atom stereocenters. The third-order valence-electron chi connectivity index (χ3n) is 1.70. The number of carbonyl (C=O) groups is 1. The van der Waals surface area contributed by atoms with E-state index < -0.39 is 0 Å². The van der Waals surface area contributed by atoms with Crippen molar-refractivity contribution in [3.8, 4) is 0 Å². The first-order valence-electron chi connectivity index (χ1n) is 4.37. The van der Waals surface area contributed by atoms with Gasteiger partial charge < -0.3 is 11.1 Å². The summed E-state index contributed by atoms with van der Waals surface area (Å²) in [5.41, 5.74) is 5.77. The number of allylic oxidation sites excluding steroid dienone is 1. The van der Waals surface area contributed by atoms with E-state index in [9.17, 15) is 4.79 Å². The highest BCUT2D eigenvalue weighted by Gasteiger charge is 2.23. The molecule has 0 atom stereocenters. The molecule has 0 aromatic heterocycles. The van der Waals surface area contributed by atoms with E-state index in [2.05, 4.69) is 5.32 Å². The first-order chi connectivity index (χ1) is 5.59. The zero-order chi connectivity index (χ0) is 9.14. The Morgan fingerprint density at radius 3 is 2.50 bits per heavy atom. The zero-order valence-electron chi connectivity index (χ0n) is 7.63. The van der Waals surface area contributed by atoms with Gasteiger partial charge in [-0.2, -0.15) is 0 Å². The predicted molar refractivity (Wildman–Crippen MR) is 48.3 cm³/mol. The maximum Gasteiger partial charge on any atom is 0.264 e. The van der Waals surface area contributed by atoms with Crippen molar-refractivity contribution in [2.75, 3.05) is 0 Å². The van der Waals surface area contributed by atoms with Crippen LogP contribution in [0.25, 0.3) is 0 Å². The highest BCUT2D eigenvalue weighted by molar-refractivity contribution is 5.91. The summed E-state index contributed by atoms with van der Waals surface area (Å²) in [5, 5.41) is 3.11. The quantitative estimate of drug-likeness (QED) is 0.609. The molecule has 3 nitrogen and oxygen atoms in total. The lowest BCUT2D eigenvalue weighted by atomic mass is 10.2. The number of primary amides is 1. The van der Waals surface area contributed by atoms with E-state index in [1.165, 1.54) is 0 Å². The van der Waals surface area contributed by atoms with Crippen molar-refractivity contribution < 1.29 is 4.79 Å². The number of hydrogen-bond acceptors (Lipinski definition) is 2. The lowest BCUT2D eigenvalue weighted by Gasteiger charge is -2.07. The van der Waals surface area contributed by atoms with Crippen LogP contribution in [0.15, 0.2) is 11.8 Å². The highest BCUT2D eigenvalue weighted by Crippen LogP contribution is 2.20. The summed E-state index contributed by atoms with van der Waals surface area (Å²) in [6.45, 7) is 4.05. The van der Waals surface area contributed by atoms with Crippen LogP contribution in [0.5, 0.6) is 0 Å². The summed E-state index contributed by atoms with van der Waals surface area (Å²) >= 11 is 0. The fraction of sp³-hybridized carbons (Fsp3) is 0.667. The molecule has 1 rings (SSSR count). The van der Waals surface area contributed by atoms with Crippen molar-refractivity contribution in [2.24, 2.45) is 11.7 Å². The molecule has 1 aliphatic rings. The molecule has 0 spiro atoms. The summed E-state index contributed by atoms with van der Waals surface area (Å²) in [7, 11) is 0. The fourth-order valence-electron chi connectivity index (χ4n) is 0.982. The molecule has 3 heteroatoms. The minimum Gasteiger partial charge on any atom is -0.378 e. The Kier molecular flexibility index (Phi) is 2.74. The van der Waals surface area contributed by atoms with Crippen molar-refractivity contribution in [3.63, 3.8) is 0 Å². The molecule has 0 aliphatic heterocycles. The van der Waals surface area contributed by atoms with Gasteiger partial charge in [-0.05, 0) is 18.8 Å². The molecule has 3 N–H and O–H groups in total. The normalized spacial score (nSPS) is 18.1. The average molecular weight is 168 g/mol. The molecule has 0 bridgehead atoms. The molecular weight excluding hydrogens is 152 g/mol. The zero-order valence-corrected chi connectivity index (χ0v) is 7.63. The van der Waals surface area contributed by atoms with Crippen molar-refractivity contribution >= 4 is 5.91 Å². The Morgan fingerprint density at radius 1 is 1.58 bits per heavy atom. The Bertz CT molecular complexity index is 205. The van der Waals surface area contributed by atoms with E-state index in [0.29, 0.717) is 17.7 Å². The van der Waals surface area contributed by atoms with Gasteiger partial charge in [-0.25, -0.2) is 0 Å². The summed E-state index contributed by atoms with van der Waals surface area (Å²) in [5.74, 6) is 0.00866. The van der Waals surface area contributed by atoms with Crippen LogP contribution in [0.4, 0.5) is 0 Å². The lowest BCUT2D eigenvalue weighted by molar-refractivity contribution is -0.115. The monoisotopic (exact) mass is 168 g/mol. The fourth-order valence-corrected chi connectivity index (χ4v) is 0.982. The number of hydrogen-bond donors (Lipinski definition) is 2. The first-order valence-corrected chi connectivity index (χ1v) is 4.37. The maximum atomic E-state index is 10.9. The minimum atomic E-state index is -0.351. The van der Waals surface area contributed by atoms with Crippen LogP contribution in [0.2, 0.25) is 0 Å². The van der Waals surface area contributed by atoms with E-state index in [1.54, 1.807) is 0 Å². The van der Waals surface area contributed by atoms with E-state index in [-0.39, 0.29) is 5.91 Å². The van der Waals surface area contributed by atoms with E-state index >= 15 is 0 Å². The molecule has 12 heavy (non-hydrogen) atoms. The van der Waals surface area contributed by atoms with Crippen LogP contribution in [0.3, 0.4) is 0 Å². The van der Waals surface area contributed by atoms with Gasteiger partial charge in [0.2, 0.25) is 0 Å². The van der Waals surface area contributed by atoms with E-state index in [0.717, 1.165) is 12.8 Å². The van der Waals surface area contributed by atoms with Crippen LogP contribution in [0.1, 0.15) is 26.7 Å². The van der Waals surface area contributed by atoms with Gasteiger partial charge in [0.15, 0.2) is 0 Å². The van der Waals surface area contributed by atoms with Gasteiger partial charge in [-0.3, -0.25) is 4.79 Å². The van der Waals surface area contributed by atoms with Gasteiger partial charge >= 0.3 is 0 Å². The predicted octanol–water partition coefficient (Wildman–Crippen LogP) is 0.764. The summed E-state index contributed by atoms with van der Waals surface area (Å²) < 4.78 is 0. The van der Waals surface area contributed by atoms with Crippen LogP contribution in [-0.2, 0) is 4.79 Å². The highest BCUT2D eigenvalue weighted by atomic mass is 16.1. The topological polar surface area (TPSA) is 55.1 Å². The number of amides is 1. The molecule has 1 amide bonds. The molecule has 0 saturated heterocycles. The van der Waals surface area contributed by atoms with E-state index in [1.807, 2.05) is 19.9 Å². The van der Waals surface area contributed by atoms with Crippen LogP contribution >= 0.6 is 0 Å². The lowest BCUT2D eigenvalue weighted by Crippen LogP contribution is -2.28.